The summed E-state index contributed by atoms with van der Waals surface area (Å²) in [6, 6.07) is 20.1. The Kier molecular flexibility index (Phi) is 6.58. The lowest BCUT2D eigenvalue weighted by molar-refractivity contribution is 0.0526. The number of esters is 1. The third-order valence-corrected chi connectivity index (χ3v) is 4.28. The van der Waals surface area contributed by atoms with Crippen molar-refractivity contribution < 1.29 is 14.3 Å². The summed E-state index contributed by atoms with van der Waals surface area (Å²) in [5.41, 5.74) is 2.85. The smallest absolute Gasteiger partial charge is 0.338 e. The van der Waals surface area contributed by atoms with E-state index in [9.17, 15) is 9.59 Å². The molecule has 0 unspecified atom stereocenters. The minimum atomic E-state index is -0.355. The number of ether oxygens (including phenoxy) is 1. The molecule has 29 heavy (non-hydrogen) atoms. The summed E-state index contributed by atoms with van der Waals surface area (Å²) in [7, 11) is 1.77. The Hall–Kier alpha value is -3.67. The van der Waals surface area contributed by atoms with Crippen molar-refractivity contribution in [1.82, 2.24) is 9.88 Å². The first-order chi connectivity index (χ1) is 14.1. The van der Waals surface area contributed by atoms with E-state index in [0.29, 0.717) is 30.1 Å². The highest BCUT2D eigenvalue weighted by Gasteiger charge is 2.13. The van der Waals surface area contributed by atoms with Crippen molar-refractivity contribution in [2.45, 2.75) is 13.5 Å². The van der Waals surface area contributed by atoms with Gasteiger partial charge in [-0.3, -0.25) is 4.79 Å². The van der Waals surface area contributed by atoms with Crippen LogP contribution >= 0.6 is 0 Å². The molecule has 3 aromatic rings. The van der Waals surface area contributed by atoms with Gasteiger partial charge in [-0.05, 0) is 48.9 Å². The Morgan fingerprint density at radius 2 is 1.72 bits per heavy atom. The van der Waals surface area contributed by atoms with Crippen molar-refractivity contribution in [3.63, 3.8) is 0 Å². The van der Waals surface area contributed by atoms with Crippen LogP contribution in [0.4, 0.5) is 11.5 Å². The SMILES string of the molecule is CCOC(=O)c1ccc(Nc2cc(C(=O)N(C)Cc3ccccc3)ccn2)cc1. The van der Waals surface area contributed by atoms with Gasteiger partial charge in [0.1, 0.15) is 5.82 Å². The molecule has 6 nitrogen and oxygen atoms in total. The van der Waals surface area contributed by atoms with Crippen molar-refractivity contribution in [3.8, 4) is 0 Å². The minimum absolute atomic E-state index is 0.0861. The summed E-state index contributed by atoms with van der Waals surface area (Å²) in [5, 5.41) is 3.15. The largest absolute Gasteiger partial charge is 0.462 e. The molecule has 0 aliphatic heterocycles. The molecule has 148 valence electrons. The van der Waals surface area contributed by atoms with Gasteiger partial charge < -0.3 is 15.0 Å². The molecule has 0 spiro atoms. The van der Waals surface area contributed by atoms with Gasteiger partial charge in [0.15, 0.2) is 0 Å². The van der Waals surface area contributed by atoms with Crippen LogP contribution < -0.4 is 5.32 Å². The number of carbonyl (C=O) groups is 2. The summed E-state index contributed by atoms with van der Waals surface area (Å²) in [5.74, 6) is 0.107. The average Bonchev–Trinajstić information content (AvgIpc) is 2.75. The molecule has 0 aliphatic rings. The van der Waals surface area contributed by atoms with E-state index < -0.39 is 0 Å². The molecule has 1 N–H and O–H groups in total. The number of anilines is 2. The van der Waals surface area contributed by atoms with Gasteiger partial charge in [-0.1, -0.05) is 30.3 Å². The third-order valence-electron chi connectivity index (χ3n) is 4.28. The first kappa shape index (κ1) is 20.1. The predicted octanol–water partition coefficient (Wildman–Crippen LogP) is 4.27. The molecule has 1 amide bonds. The number of carbonyl (C=O) groups excluding carboxylic acids is 2. The van der Waals surface area contributed by atoms with Gasteiger partial charge in [0.2, 0.25) is 0 Å². The number of nitrogens with one attached hydrogen (secondary N) is 1. The van der Waals surface area contributed by atoms with Gasteiger partial charge in [-0.15, -0.1) is 0 Å². The molecule has 0 bridgehead atoms. The number of rotatable bonds is 7. The van der Waals surface area contributed by atoms with Crippen LogP contribution in [0.15, 0.2) is 72.9 Å². The van der Waals surface area contributed by atoms with Crippen LogP contribution in [-0.4, -0.2) is 35.4 Å². The zero-order chi connectivity index (χ0) is 20.6. The first-order valence-corrected chi connectivity index (χ1v) is 9.36. The van der Waals surface area contributed by atoms with E-state index in [1.54, 1.807) is 61.5 Å². The topological polar surface area (TPSA) is 71.5 Å². The molecule has 6 heteroatoms. The van der Waals surface area contributed by atoms with Crippen molar-refractivity contribution >= 4 is 23.4 Å². The Bertz CT molecular complexity index is 972. The lowest BCUT2D eigenvalue weighted by Crippen LogP contribution is -2.26. The lowest BCUT2D eigenvalue weighted by atomic mass is 10.2. The molecule has 3 rings (SSSR count). The number of aromatic nitrogens is 1. The molecular weight excluding hydrogens is 366 g/mol. The summed E-state index contributed by atoms with van der Waals surface area (Å²) < 4.78 is 4.98. The monoisotopic (exact) mass is 389 g/mol. The minimum Gasteiger partial charge on any atom is -0.462 e. The maximum absolute atomic E-state index is 12.8. The Morgan fingerprint density at radius 3 is 2.41 bits per heavy atom. The van der Waals surface area contributed by atoms with Gasteiger partial charge in [0, 0.05) is 31.0 Å². The maximum Gasteiger partial charge on any atom is 0.338 e. The normalized spacial score (nSPS) is 10.3. The highest BCUT2D eigenvalue weighted by atomic mass is 16.5. The fourth-order valence-corrected chi connectivity index (χ4v) is 2.83. The van der Waals surface area contributed by atoms with Crippen molar-refractivity contribution in [3.05, 3.63) is 89.6 Å². The number of hydrogen-bond acceptors (Lipinski definition) is 5. The van der Waals surface area contributed by atoms with Crippen LogP contribution in [-0.2, 0) is 11.3 Å². The zero-order valence-electron chi connectivity index (χ0n) is 16.5. The van der Waals surface area contributed by atoms with E-state index in [1.807, 2.05) is 30.3 Å². The van der Waals surface area contributed by atoms with Crippen molar-refractivity contribution in [2.24, 2.45) is 0 Å². The second-order valence-corrected chi connectivity index (χ2v) is 6.50. The fraction of sp³-hybridized carbons (Fsp3) is 0.174. The van der Waals surface area contributed by atoms with Crippen LogP contribution in [0.2, 0.25) is 0 Å². The Morgan fingerprint density at radius 1 is 1.00 bits per heavy atom. The quantitative estimate of drug-likeness (QED) is 0.611. The van der Waals surface area contributed by atoms with Crippen LogP contribution in [0, 0.1) is 0 Å². The van der Waals surface area contributed by atoms with E-state index in [1.165, 1.54) is 0 Å². The number of hydrogen-bond donors (Lipinski definition) is 1. The fourth-order valence-electron chi connectivity index (χ4n) is 2.83. The van der Waals surface area contributed by atoms with Crippen LogP contribution in [0.1, 0.15) is 33.2 Å². The number of amides is 1. The van der Waals surface area contributed by atoms with E-state index in [-0.39, 0.29) is 11.9 Å². The molecular formula is C23H23N3O3. The molecule has 0 saturated heterocycles. The van der Waals surface area contributed by atoms with Gasteiger partial charge in [-0.25, -0.2) is 9.78 Å². The van der Waals surface area contributed by atoms with E-state index >= 15 is 0 Å². The van der Waals surface area contributed by atoms with Crippen molar-refractivity contribution in [2.75, 3.05) is 19.0 Å². The lowest BCUT2D eigenvalue weighted by Gasteiger charge is -2.17. The number of benzene rings is 2. The Labute approximate surface area is 170 Å². The van der Waals surface area contributed by atoms with Gasteiger partial charge >= 0.3 is 5.97 Å². The van der Waals surface area contributed by atoms with E-state index in [4.69, 9.17) is 4.74 Å². The first-order valence-electron chi connectivity index (χ1n) is 9.36. The summed E-state index contributed by atoms with van der Waals surface area (Å²) >= 11 is 0. The molecule has 2 aromatic carbocycles. The van der Waals surface area contributed by atoms with E-state index in [0.717, 1.165) is 11.3 Å². The molecule has 0 aliphatic carbocycles. The molecule has 0 fully saturated rings. The van der Waals surface area contributed by atoms with Crippen LogP contribution in [0.25, 0.3) is 0 Å². The summed E-state index contributed by atoms with van der Waals surface area (Å²) in [4.78, 5) is 30.4. The third kappa shape index (κ3) is 5.42. The molecule has 0 radical (unpaired) electrons. The second kappa shape index (κ2) is 9.50. The highest BCUT2D eigenvalue weighted by Crippen LogP contribution is 2.18. The maximum atomic E-state index is 12.8. The molecule has 0 atom stereocenters. The van der Waals surface area contributed by atoms with Gasteiger partial charge in [0.25, 0.3) is 5.91 Å². The van der Waals surface area contributed by atoms with Gasteiger partial charge in [-0.2, -0.15) is 0 Å². The zero-order valence-corrected chi connectivity index (χ0v) is 16.5. The molecule has 0 saturated carbocycles. The van der Waals surface area contributed by atoms with Gasteiger partial charge in [0.05, 0.1) is 12.2 Å². The Balaban J connectivity index is 1.67. The number of nitrogens with zero attached hydrogens (tertiary/aromatic N) is 2. The van der Waals surface area contributed by atoms with Crippen LogP contribution in [0.3, 0.4) is 0 Å². The average molecular weight is 389 g/mol. The van der Waals surface area contributed by atoms with Crippen LogP contribution in [0.5, 0.6) is 0 Å². The highest BCUT2D eigenvalue weighted by molar-refractivity contribution is 5.95. The van der Waals surface area contributed by atoms with Crippen molar-refractivity contribution in [1.29, 1.82) is 0 Å². The summed E-state index contributed by atoms with van der Waals surface area (Å²) in [6.07, 6.45) is 1.60. The summed E-state index contributed by atoms with van der Waals surface area (Å²) in [6.45, 7) is 2.63. The standard InChI is InChI=1S/C23H23N3O3/c1-3-29-23(28)18-9-11-20(12-10-18)25-21-15-19(13-14-24-21)22(27)26(2)16-17-7-5-4-6-8-17/h4-15H,3,16H2,1-2H3,(H,24,25). The van der Waals surface area contributed by atoms with E-state index in [2.05, 4.69) is 10.3 Å². The molecule has 1 heterocycles. The second-order valence-electron chi connectivity index (χ2n) is 6.50. The number of pyridine rings is 1. The molecule has 1 aromatic heterocycles. The predicted molar refractivity (Wildman–Crippen MR) is 112 cm³/mol.